The molecule has 1 aromatic carbocycles. The van der Waals surface area contributed by atoms with Crippen LogP contribution in [0.25, 0.3) is 0 Å². The second-order valence-electron chi connectivity index (χ2n) is 3.97. The first kappa shape index (κ1) is 14.7. The zero-order valence-corrected chi connectivity index (χ0v) is 11.3. The van der Waals surface area contributed by atoms with Crippen LogP contribution in [0.3, 0.4) is 0 Å². The molecule has 5 nitrogen and oxygen atoms in total. The molecular formula is C12H12ClF2N3O2. The number of nitrogens with one attached hydrogen (secondary N) is 1. The lowest BCUT2D eigenvalue weighted by molar-refractivity contribution is -0.0505. The number of hydrogen-bond acceptors (Lipinski definition) is 5. The van der Waals surface area contributed by atoms with Gasteiger partial charge in [0.2, 0.25) is 5.89 Å². The fraction of sp³-hybridized carbons (Fsp3) is 0.333. The third-order valence-corrected chi connectivity index (χ3v) is 2.63. The molecule has 0 aliphatic rings. The van der Waals surface area contributed by atoms with E-state index in [-0.39, 0.29) is 12.3 Å². The highest BCUT2D eigenvalue weighted by atomic mass is 35.5. The lowest BCUT2D eigenvalue weighted by Crippen LogP contribution is -2.14. The Hall–Kier alpha value is -1.73. The third-order valence-electron chi connectivity index (χ3n) is 2.40. The minimum atomic E-state index is -2.88. The topological polar surface area (TPSA) is 60.2 Å². The standard InChI is InChI=1S/C12H12ClF2N3O2/c1-7-17-11(20-18-7)6-16-5-8-4-9(13)2-3-10(8)19-12(14)15/h2-4,12,16H,5-6H2,1H3. The van der Waals surface area contributed by atoms with Gasteiger partial charge in [-0.1, -0.05) is 16.8 Å². The normalized spacial score (nSPS) is 11.1. The average molecular weight is 304 g/mol. The highest BCUT2D eigenvalue weighted by Crippen LogP contribution is 2.24. The number of ether oxygens (including phenoxy) is 1. The molecule has 0 amide bonds. The number of rotatable bonds is 6. The summed E-state index contributed by atoms with van der Waals surface area (Å²) in [6, 6.07) is 4.46. The SMILES string of the molecule is Cc1noc(CNCc2cc(Cl)ccc2OC(F)F)n1. The Morgan fingerprint density at radius 1 is 1.40 bits per heavy atom. The monoisotopic (exact) mass is 303 g/mol. The first-order chi connectivity index (χ1) is 9.54. The number of nitrogens with zero attached hydrogens (tertiary/aromatic N) is 2. The molecule has 0 saturated carbocycles. The van der Waals surface area contributed by atoms with Crippen LogP contribution in [-0.2, 0) is 13.1 Å². The second kappa shape index (κ2) is 6.62. The number of aromatic nitrogens is 2. The molecule has 0 radical (unpaired) electrons. The molecule has 8 heteroatoms. The highest BCUT2D eigenvalue weighted by Gasteiger charge is 2.10. The van der Waals surface area contributed by atoms with Gasteiger partial charge in [0.25, 0.3) is 0 Å². The summed E-state index contributed by atoms with van der Waals surface area (Å²) >= 11 is 5.84. The number of halogens is 3. The van der Waals surface area contributed by atoms with Crippen molar-refractivity contribution in [3.63, 3.8) is 0 Å². The Balaban J connectivity index is 1.98. The molecular weight excluding hydrogens is 292 g/mol. The Morgan fingerprint density at radius 3 is 2.85 bits per heavy atom. The van der Waals surface area contributed by atoms with E-state index in [1.54, 1.807) is 13.0 Å². The van der Waals surface area contributed by atoms with Gasteiger partial charge in [-0.05, 0) is 25.1 Å². The molecule has 0 fully saturated rings. The van der Waals surface area contributed by atoms with Crippen molar-refractivity contribution in [2.24, 2.45) is 0 Å². The Labute approximate surface area is 118 Å². The van der Waals surface area contributed by atoms with Crippen LogP contribution in [0.5, 0.6) is 5.75 Å². The number of alkyl halides is 2. The number of hydrogen-bond donors (Lipinski definition) is 1. The van der Waals surface area contributed by atoms with Gasteiger partial charge in [0, 0.05) is 17.1 Å². The van der Waals surface area contributed by atoms with Gasteiger partial charge in [-0.25, -0.2) is 0 Å². The van der Waals surface area contributed by atoms with Crippen molar-refractivity contribution in [1.82, 2.24) is 15.5 Å². The first-order valence-electron chi connectivity index (χ1n) is 5.78. The zero-order chi connectivity index (χ0) is 14.5. The quantitative estimate of drug-likeness (QED) is 0.889. The Kier molecular flexibility index (Phi) is 4.86. The Bertz CT molecular complexity index is 578. The van der Waals surface area contributed by atoms with Crippen LogP contribution in [0.2, 0.25) is 5.02 Å². The maximum atomic E-state index is 12.3. The van der Waals surface area contributed by atoms with E-state index in [0.717, 1.165) is 0 Å². The van der Waals surface area contributed by atoms with Gasteiger partial charge < -0.3 is 14.6 Å². The minimum Gasteiger partial charge on any atom is -0.434 e. The van der Waals surface area contributed by atoms with Crippen LogP contribution in [-0.4, -0.2) is 16.8 Å². The molecule has 0 unspecified atom stereocenters. The lowest BCUT2D eigenvalue weighted by atomic mass is 10.2. The van der Waals surface area contributed by atoms with Crippen molar-refractivity contribution in [1.29, 1.82) is 0 Å². The van der Waals surface area contributed by atoms with Crippen molar-refractivity contribution < 1.29 is 18.0 Å². The summed E-state index contributed by atoms with van der Waals surface area (Å²) in [6.07, 6.45) is 0. The van der Waals surface area contributed by atoms with E-state index in [1.165, 1.54) is 12.1 Å². The predicted molar refractivity (Wildman–Crippen MR) is 67.7 cm³/mol. The number of aryl methyl sites for hydroxylation is 1. The molecule has 1 aromatic heterocycles. The molecule has 1 N–H and O–H groups in total. The van der Waals surface area contributed by atoms with Crippen LogP contribution in [0.15, 0.2) is 22.7 Å². The van der Waals surface area contributed by atoms with E-state index in [0.29, 0.717) is 28.8 Å². The largest absolute Gasteiger partial charge is 0.434 e. The van der Waals surface area contributed by atoms with Crippen molar-refractivity contribution in [2.75, 3.05) is 0 Å². The van der Waals surface area contributed by atoms with Gasteiger partial charge in [0.1, 0.15) is 5.75 Å². The molecule has 0 saturated heterocycles. The fourth-order valence-corrected chi connectivity index (χ4v) is 1.81. The lowest BCUT2D eigenvalue weighted by Gasteiger charge is -2.11. The maximum absolute atomic E-state index is 12.3. The second-order valence-corrected chi connectivity index (χ2v) is 4.41. The van der Waals surface area contributed by atoms with E-state index in [9.17, 15) is 8.78 Å². The van der Waals surface area contributed by atoms with E-state index >= 15 is 0 Å². The Morgan fingerprint density at radius 2 is 2.20 bits per heavy atom. The summed E-state index contributed by atoms with van der Waals surface area (Å²) in [4.78, 5) is 4.01. The summed E-state index contributed by atoms with van der Waals surface area (Å²) in [5.41, 5.74) is 0.522. The van der Waals surface area contributed by atoms with Crippen LogP contribution in [0.1, 0.15) is 17.3 Å². The summed E-state index contributed by atoms with van der Waals surface area (Å²) in [5, 5.41) is 7.08. The van der Waals surface area contributed by atoms with Crippen LogP contribution in [0, 0.1) is 6.92 Å². The van der Waals surface area contributed by atoms with Gasteiger partial charge in [-0.2, -0.15) is 13.8 Å². The van der Waals surface area contributed by atoms with Gasteiger partial charge in [-0.15, -0.1) is 0 Å². The van der Waals surface area contributed by atoms with Gasteiger partial charge in [-0.3, -0.25) is 0 Å². The van der Waals surface area contributed by atoms with Gasteiger partial charge in [0.15, 0.2) is 5.82 Å². The summed E-state index contributed by atoms with van der Waals surface area (Å²) in [5.74, 6) is 1.03. The van der Waals surface area contributed by atoms with Crippen molar-refractivity contribution in [3.8, 4) is 5.75 Å². The molecule has 0 spiro atoms. The molecule has 0 atom stereocenters. The van der Waals surface area contributed by atoms with E-state index < -0.39 is 6.61 Å². The molecule has 0 aliphatic carbocycles. The molecule has 1 heterocycles. The van der Waals surface area contributed by atoms with Crippen LogP contribution in [0.4, 0.5) is 8.78 Å². The van der Waals surface area contributed by atoms with Gasteiger partial charge in [0.05, 0.1) is 6.54 Å². The summed E-state index contributed by atoms with van der Waals surface area (Å²) in [6.45, 7) is -0.571. The first-order valence-corrected chi connectivity index (χ1v) is 6.15. The molecule has 108 valence electrons. The van der Waals surface area contributed by atoms with E-state index in [1.807, 2.05) is 0 Å². The molecule has 2 rings (SSSR count). The summed E-state index contributed by atoms with van der Waals surface area (Å²) < 4.78 is 33.9. The van der Waals surface area contributed by atoms with Crippen LogP contribution >= 0.6 is 11.6 Å². The molecule has 2 aromatic rings. The van der Waals surface area contributed by atoms with Crippen molar-refractivity contribution >= 4 is 11.6 Å². The van der Waals surface area contributed by atoms with Crippen LogP contribution < -0.4 is 10.1 Å². The smallest absolute Gasteiger partial charge is 0.387 e. The van der Waals surface area contributed by atoms with E-state index in [2.05, 4.69) is 20.2 Å². The zero-order valence-electron chi connectivity index (χ0n) is 10.6. The molecule has 0 aliphatic heterocycles. The predicted octanol–water partition coefficient (Wildman–Crippen LogP) is 2.92. The number of benzene rings is 1. The highest BCUT2D eigenvalue weighted by molar-refractivity contribution is 6.30. The van der Waals surface area contributed by atoms with Crippen molar-refractivity contribution in [2.45, 2.75) is 26.6 Å². The summed E-state index contributed by atoms with van der Waals surface area (Å²) in [7, 11) is 0. The minimum absolute atomic E-state index is 0.0820. The third kappa shape index (κ3) is 4.14. The average Bonchev–Trinajstić information content (AvgIpc) is 2.78. The van der Waals surface area contributed by atoms with Crippen molar-refractivity contribution in [3.05, 3.63) is 40.5 Å². The van der Waals surface area contributed by atoms with E-state index in [4.69, 9.17) is 16.1 Å². The molecule has 0 bridgehead atoms. The maximum Gasteiger partial charge on any atom is 0.387 e. The van der Waals surface area contributed by atoms with Gasteiger partial charge >= 0.3 is 6.61 Å². The fourth-order valence-electron chi connectivity index (χ4n) is 1.61. The molecule has 20 heavy (non-hydrogen) atoms.